The summed E-state index contributed by atoms with van der Waals surface area (Å²) in [6, 6.07) is 11.7. The quantitative estimate of drug-likeness (QED) is 0.741. The van der Waals surface area contributed by atoms with Crippen molar-refractivity contribution in [3.8, 4) is 0 Å². The normalized spacial score (nSPS) is 17.5. The molecule has 5 nitrogen and oxygen atoms in total. The van der Waals surface area contributed by atoms with Crippen molar-refractivity contribution in [2.45, 2.75) is 19.3 Å². The number of carbonyl (C=O) groups excluding carboxylic acids is 1. The van der Waals surface area contributed by atoms with Gasteiger partial charge in [0, 0.05) is 30.9 Å². The van der Waals surface area contributed by atoms with Crippen molar-refractivity contribution in [3.63, 3.8) is 0 Å². The monoisotopic (exact) mass is 321 g/mol. The first-order chi connectivity index (χ1) is 11.8. The van der Waals surface area contributed by atoms with Crippen LogP contribution in [-0.4, -0.2) is 34.0 Å². The van der Waals surface area contributed by atoms with Gasteiger partial charge in [0.05, 0.1) is 6.42 Å². The van der Waals surface area contributed by atoms with Crippen LogP contribution in [0, 0.1) is 5.92 Å². The zero-order chi connectivity index (χ0) is 16.4. The standard InChI is InChI=1S/C19H19N3O2/c23-19(11-17-16-5-1-2-6-18(16)24-21-17)22-9-7-15(13-22)10-14-4-3-8-20-12-14/h1-6,8,12,15H,7,9-11,13H2. The second-order valence-electron chi connectivity index (χ2n) is 6.36. The fourth-order valence-corrected chi connectivity index (χ4v) is 3.40. The molecule has 0 spiro atoms. The molecule has 0 aliphatic carbocycles. The number of rotatable bonds is 4. The fraction of sp³-hybridized carbons (Fsp3) is 0.316. The summed E-state index contributed by atoms with van der Waals surface area (Å²) in [6.45, 7) is 1.63. The van der Waals surface area contributed by atoms with Gasteiger partial charge in [0.15, 0.2) is 5.58 Å². The number of para-hydroxylation sites is 1. The molecule has 24 heavy (non-hydrogen) atoms. The molecule has 1 fully saturated rings. The molecular formula is C19H19N3O2. The van der Waals surface area contributed by atoms with Crippen LogP contribution >= 0.6 is 0 Å². The summed E-state index contributed by atoms with van der Waals surface area (Å²) in [6.07, 6.45) is 6.02. The molecule has 5 heteroatoms. The number of carbonyl (C=O) groups is 1. The Morgan fingerprint density at radius 1 is 1.25 bits per heavy atom. The van der Waals surface area contributed by atoms with Crippen molar-refractivity contribution in [1.29, 1.82) is 0 Å². The molecule has 122 valence electrons. The van der Waals surface area contributed by atoms with Crippen LogP contribution in [0.25, 0.3) is 11.0 Å². The third-order valence-corrected chi connectivity index (χ3v) is 4.66. The number of fused-ring (bicyclic) bond motifs is 1. The lowest BCUT2D eigenvalue weighted by molar-refractivity contribution is -0.129. The maximum Gasteiger partial charge on any atom is 0.228 e. The van der Waals surface area contributed by atoms with Crippen LogP contribution in [-0.2, 0) is 17.6 Å². The number of benzene rings is 1. The van der Waals surface area contributed by atoms with E-state index in [1.54, 1.807) is 6.20 Å². The zero-order valence-electron chi connectivity index (χ0n) is 13.4. The van der Waals surface area contributed by atoms with E-state index in [1.165, 1.54) is 5.56 Å². The Morgan fingerprint density at radius 2 is 2.17 bits per heavy atom. The van der Waals surface area contributed by atoms with E-state index in [9.17, 15) is 4.79 Å². The molecule has 4 rings (SSSR count). The van der Waals surface area contributed by atoms with Gasteiger partial charge in [0.25, 0.3) is 0 Å². The first kappa shape index (κ1) is 14.9. The first-order valence-corrected chi connectivity index (χ1v) is 8.29. The van der Waals surface area contributed by atoms with Gasteiger partial charge in [0.2, 0.25) is 5.91 Å². The van der Waals surface area contributed by atoms with E-state index in [0.717, 1.165) is 42.6 Å². The topological polar surface area (TPSA) is 59.2 Å². The van der Waals surface area contributed by atoms with Gasteiger partial charge < -0.3 is 9.42 Å². The van der Waals surface area contributed by atoms with Gasteiger partial charge in [-0.2, -0.15) is 0 Å². The van der Waals surface area contributed by atoms with E-state index in [-0.39, 0.29) is 5.91 Å². The predicted molar refractivity (Wildman–Crippen MR) is 90.3 cm³/mol. The van der Waals surface area contributed by atoms with Crippen molar-refractivity contribution in [1.82, 2.24) is 15.0 Å². The van der Waals surface area contributed by atoms with E-state index in [1.807, 2.05) is 41.4 Å². The Kier molecular flexibility index (Phi) is 3.99. The molecule has 1 unspecified atom stereocenters. The third-order valence-electron chi connectivity index (χ3n) is 4.66. The highest BCUT2D eigenvalue weighted by atomic mass is 16.5. The summed E-state index contributed by atoms with van der Waals surface area (Å²) in [5.41, 5.74) is 2.70. The second-order valence-corrected chi connectivity index (χ2v) is 6.36. The van der Waals surface area contributed by atoms with E-state index in [0.29, 0.717) is 12.3 Å². The van der Waals surface area contributed by atoms with Crippen LogP contribution in [0.5, 0.6) is 0 Å². The lowest BCUT2D eigenvalue weighted by Crippen LogP contribution is -2.30. The minimum absolute atomic E-state index is 0.128. The fourth-order valence-electron chi connectivity index (χ4n) is 3.40. The number of hydrogen-bond acceptors (Lipinski definition) is 4. The Bertz CT molecular complexity index is 844. The second kappa shape index (κ2) is 6.43. The summed E-state index contributed by atoms with van der Waals surface area (Å²) in [5.74, 6) is 0.634. The molecule has 1 aliphatic heterocycles. The molecule has 1 saturated heterocycles. The highest BCUT2D eigenvalue weighted by Gasteiger charge is 2.27. The Hall–Kier alpha value is -2.69. The van der Waals surface area contributed by atoms with Crippen molar-refractivity contribution >= 4 is 16.9 Å². The summed E-state index contributed by atoms with van der Waals surface area (Å²) < 4.78 is 5.29. The average Bonchev–Trinajstić information content (AvgIpc) is 3.24. The molecule has 0 bridgehead atoms. The van der Waals surface area contributed by atoms with Gasteiger partial charge in [-0.25, -0.2) is 0 Å². The largest absolute Gasteiger partial charge is 0.356 e. The number of aromatic nitrogens is 2. The molecule has 3 heterocycles. The molecule has 0 radical (unpaired) electrons. The minimum atomic E-state index is 0.128. The van der Waals surface area contributed by atoms with Crippen molar-refractivity contribution in [3.05, 3.63) is 60.0 Å². The van der Waals surface area contributed by atoms with Crippen LogP contribution in [0.15, 0.2) is 53.3 Å². The van der Waals surface area contributed by atoms with Crippen LogP contribution in [0.4, 0.5) is 0 Å². The molecule has 0 saturated carbocycles. The van der Waals surface area contributed by atoms with Crippen molar-refractivity contribution in [2.24, 2.45) is 5.92 Å². The Balaban J connectivity index is 1.39. The first-order valence-electron chi connectivity index (χ1n) is 8.29. The van der Waals surface area contributed by atoms with Gasteiger partial charge in [-0.1, -0.05) is 23.4 Å². The summed E-state index contributed by atoms with van der Waals surface area (Å²) in [4.78, 5) is 18.7. The Labute approximate surface area is 140 Å². The van der Waals surface area contributed by atoms with E-state index >= 15 is 0 Å². The smallest absolute Gasteiger partial charge is 0.228 e. The molecule has 2 aromatic heterocycles. The lowest BCUT2D eigenvalue weighted by Gasteiger charge is -2.16. The number of hydrogen-bond donors (Lipinski definition) is 0. The van der Waals surface area contributed by atoms with Crippen LogP contribution < -0.4 is 0 Å². The number of pyridine rings is 1. The number of amides is 1. The molecule has 1 aromatic carbocycles. The maximum atomic E-state index is 12.6. The molecule has 1 atom stereocenters. The summed E-state index contributed by atoms with van der Waals surface area (Å²) >= 11 is 0. The van der Waals surface area contributed by atoms with Crippen LogP contribution in [0.3, 0.4) is 0 Å². The van der Waals surface area contributed by atoms with E-state index in [2.05, 4.69) is 16.2 Å². The highest BCUT2D eigenvalue weighted by Crippen LogP contribution is 2.23. The van der Waals surface area contributed by atoms with Gasteiger partial charge in [0.1, 0.15) is 5.69 Å². The zero-order valence-corrected chi connectivity index (χ0v) is 13.4. The van der Waals surface area contributed by atoms with E-state index in [4.69, 9.17) is 4.52 Å². The van der Waals surface area contributed by atoms with Crippen molar-refractivity contribution < 1.29 is 9.32 Å². The predicted octanol–water partition coefficient (Wildman–Crippen LogP) is 2.86. The average molecular weight is 321 g/mol. The SMILES string of the molecule is O=C(Cc1noc2ccccc12)N1CCC(Cc2cccnc2)C1. The number of likely N-dealkylation sites (tertiary alicyclic amines) is 1. The summed E-state index contributed by atoms with van der Waals surface area (Å²) in [5, 5.41) is 4.99. The van der Waals surface area contributed by atoms with E-state index < -0.39 is 0 Å². The van der Waals surface area contributed by atoms with Gasteiger partial charge >= 0.3 is 0 Å². The molecule has 1 aliphatic rings. The molecule has 3 aromatic rings. The van der Waals surface area contributed by atoms with Crippen molar-refractivity contribution in [2.75, 3.05) is 13.1 Å². The number of nitrogens with zero attached hydrogens (tertiary/aromatic N) is 3. The highest BCUT2D eigenvalue weighted by molar-refractivity contribution is 5.86. The van der Waals surface area contributed by atoms with Crippen LogP contribution in [0.2, 0.25) is 0 Å². The van der Waals surface area contributed by atoms with Gasteiger partial charge in [-0.05, 0) is 42.5 Å². The van der Waals surface area contributed by atoms with Gasteiger partial charge in [-0.3, -0.25) is 9.78 Å². The maximum absolute atomic E-state index is 12.6. The Morgan fingerprint density at radius 3 is 3.04 bits per heavy atom. The molecule has 1 amide bonds. The lowest BCUT2D eigenvalue weighted by atomic mass is 10.0. The van der Waals surface area contributed by atoms with Crippen LogP contribution in [0.1, 0.15) is 17.7 Å². The van der Waals surface area contributed by atoms with Gasteiger partial charge in [-0.15, -0.1) is 0 Å². The third kappa shape index (κ3) is 3.02. The molecular weight excluding hydrogens is 302 g/mol. The molecule has 0 N–H and O–H groups in total. The minimum Gasteiger partial charge on any atom is -0.356 e. The summed E-state index contributed by atoms with van der Waals surface area (Å²) in [7, 11) is 0.